The van der Waals surface area contributed by atoms with E-state index in [1.807, 2.05) is 5.38 Å². The van der Waals surface area contributed by atoms with Crippen LogP contribution < -0.4 is 0 Å². The van der Waals surface area contributed by atoms with Crippen LogP contribution in [0.15, 0.2) is 11.4 Å². The van der Waals surface area contributed by atoms with Gasteiger partial charge in [0.25, 0.3) is 0 Å². The number of rotatable bonds is 0. The van der Waals surface area contributed by atoms with Gasteiger partial charge >= 0.3 is 0 Å². The van der Waals surface area contributed by atoms with Crippen molar-refractivity contribution in [3.05, 3.63) is 17.6 Å². The fourth-order valence-corrected chi connectivity index (χ4v) is 0.456. The molecular formula is C3H2NS. The summed E-state index contributed by atoms with van der Waals surface area (Å²) in [7, 11) is 0. The molecule has 0 aliphatic heterocycles. The van der Waals surface area contributed by atoms with Gasteiger partial charge in [0.2, 0.25) is 0 Å². The van der Waals surface area contributed by atoms with Gasteiger partial charge in [-0.25, -0.2) is 0 Å². The van der Waals surface area contributed by atoms with Crippen LogP contribution in [-0.2, 0) is 0 Å². The monoisotopic (exact) mass is 84.0 g/mol. The highest BCUT2D eigenvalue weighted by Gasteiger charge is 1.61. The topological polar surface area (TPSA) is 12.9 Å². The van der Waals surface area contributed by atoms with Crippen molar-refractivity contribution in [2.45, 2.75) is 0 Å². The first-order valence-corrected chi connectivity index (χ1v) is 2.10. The standard InChI is InChI=1S/C3H2NS/c1-2-4-5-3-1/h1,3H. The van der Waals surface area contributed by atoms with Crippen molar-refractivity contribution in [2.75, 3.05) is 0 Å². The lowest BCUT2D eigenvalue weighted by Crippen LogP contribution is -1.34. The fraction of sp³-hybridized carbons (Fsp3) is 0. The van der Waals surface area contributed by atoms with Crippen molar-refractivity contribution in [3.8, 4) is 0 Å². The van der Waals surface area contributed by atoms with E-state index in [2.05, 4.69) is 10.6 Å². The molecule has 0 amide bonds. The smallest absolute Gasteiger partial charge is 0.104 e. The Labute approximate surface area is 34.4 Å². The quantitative estimate of drug-likeness (QED) is 0.456. The van der Waals surface area contributed by atoms with E-state index in [-0.39, 0.29) is 0 Å². The van der Waals surface area contributed by atoms with E-state index in [1.54, 1.807) is 6.07 Å². The molecule has 0 N–H and O–H groups in total. The van der Waals surface area contributed by atoms with Crippen molar-refractivity contribution in [1.29, 1.82) is 0 Å². The number of nitrogens with zero attached hydrogens (tertiary/aromatic N) is 1. The Hall–Kier alpha value is -0.370. The summed E-state index contributed by atoms with van der Waals surface area (Å²) in [5.41, 5.74) is 0. The van der Waals surface area contributed by atoms with Crippen LogP contribution in [0.1, 0.15) is 0 Å². The predicted octanol–water partition coefficient (Wildman–Crippen LogP) is 0.943. The van der Waals surface area contributed by atoms with Gasteiger partial charge in [-0.15, -0.1) is 0 Å². The summed E-state index contributed by atoms with van der Waals surface area (Å²) in [6.45, 7) is 0. The molecule has 1 aromatic rings. The number of hydrogen-bond acceptors (Lipinski definition) is 2. The van der Waals surface area contributed by atoms with Gasteiger partial charge in [0, 0.05) is 5.38 Å². The Morgan fingerprint density at radius 3 is 3.00 bits per heavy atom. The molecule has 0 spiro atoms. The van der Waals surface area contributed by atoms with Crippen molar-refractivity contribution in [1.82, 2.24) is 4.37 Å². The molecule has 0 aliphatic carbocycles. The van der Waals surface area contributed by atoms with Gasteiger partial charge in [-0.2, -0.15) is 4.37 Å². The third kappa shape index (κ3) is 0.450. The van der Waals surface area contributed by atoms with Gasteiger partial charge in [-0.1, -0.05) is 0 Å². The number of aromatic nitrogens is 1. The van der Waals surface area contributed by atoms with Crippen LogP contribution in [-0.4, -0.2) is 4.37 Å². The van der Waals surface area contributed by atoms with E-state index in [0.29, 0.717) is 0 Å². The van der Waals surface area contributed by atoms with Gasteiger partial charge in [-0.05, 0) is 17.6 Å². The maximum atomic E-state index is 3.64. The Morgan fingerprint density at radius 2 is 2.80 bits per heavy atom. The van der Waals surface area contributed by atoms with Gasteiger partial charge < -0.3 is 0 Å². The zero-order valence-electron chi connectivity index (χ0n) is 2.51. The summed E-state index contributed by atoms with van der Waals surface area (Å²) < 4.78 is 3.64. The molecule has 1 aromatic heterocycles. The molecule has 1 heterocycles. The first-order valence-electron chi connectivity index (χ1n) is 1.26. The van der Waals surface area contributed by atoms with Gasteiger partial charge in [0.05, 0.1) is 0 Å². The molecule has 0 bridgehead atoms. The molecule has 1 rings (SSSR count). The summed E-state index contributed by atoms with van der Waals surface area (Å²) >= 11 is 1.41. The third-order valence-electron chi connectivity index (χ3n) is 0.309. The zero-order valence-corrected chi connectivity index (χ0v) is 3.33. The largest absolute Gasteiger partial charge is 0.191 e. The molecule has 1 radical (unpaired) electrons. The van der Waals surface area contributed by atoms with Crippen LogP contribution in [0.2, 0.25) is 0 Å². The van der Waals surface area contributed by atoms with E-state index in [1.165, 1.54) is 11.5 Å². The van der Waals surface area contributed by atoms with E-state index < -0.39 is 0 Å². The molecule has 0 aliphatic rings. The lowest BCUT2D eigenvalue weighted by Gasteiger charge is -1.39. The summed E-state index contributed by atoms with van der Waals surface area (Å²) in [6, 6.07) is 1.78. The van der Waals surface area contributed by atoms with Crippen LogP contribution in [0, 0.1) is 6.20 Å². The average molecular weight is 84.1 g/mol. The SMILES string of the molecule is [c]1ccsn1. The molecule has 2 heteroatoms. The van der Waals surface area contributed by atoms with E-state index in [9.17, 15) is 0 Å². The fourth-order valence-electron chi connectivity index (χ4n) is 0.152. The normalized spacial score (nSPS) is 8.00. The Morgan fingerprint density at radius 1 is 1.80 bits per heavy atom. The minimum absolute atomic E-state index is 1.41. The van der Waals surface area contributed by atoms with E-state index >= 15 is 0 Å². The minimum atomic E-state index is 1.41. The summed E-state index contributed by atoms with van der Waals surface area (Å²) in [5, 5.41) is 1.88. The van der Waals surface area contributed by atoms with Crippen molar-refractivity contribution in [2.24, 2.45) is 0 Å². The maximum absolute atomic E-state index is 3.64. The van der Waals surface area contributed by atoms with Crippen LogP contribution in [0.5, 0.6) is 0 Å². The Kier molecular flexibility index (Phi) is 0.667. The third-order valence-corrected chi connectivity index (χ3v) is 0.777. The van der Waals surface area contributed by atoms with Gasteiger partial charge in [0.15, 0.2) is 0 Å². The molecule has 5 heavy (non-hydrogen) atoms. The van der Waals surface area contributed by atoms with Crippen LogP contribution >= 0.6 is 11.5 Å². The maximum Gasteiger partial charge on any atom is 0.104 e. The molecule has 0 aromatic carbocycles. The lowest BCUT2D eigenvalue weighted by molar-refractivity contribution is 1.56. The van der Waals surface area contributed by atoms with Crippen LogP contribution in [0.3, 0.4) is 0 Å². The predicted molar refractivity (Wildman–Crippen MR) is 20.9 cm³/mol. The molecular weight excluding hydrogens is 82.1 g/mol. The number of hydrogen-bond donors (Lipinski definition) is 0. The molecule has 0 fully saturated rings. The summed E-state index contributed by atoms with van der Waals surface area (Å²) in [4.78, 5) is 0. The summed E-state index contributed by atoms with van der Waals surface area (Å²) in [5.74, 6) is 0. The van der Waals surface area contributed by atoms with Crippen molar-refractivity contribution in [3.63, 3.8) is 0 Å². The second-order valence-corrected chi connectivity index (χ2v) is 1.29. The van der Waals surface area contributed by atoms with Crippen molar-refractivity contribution < 1.29 is 0 Å². The molecule has 0 unspecified atom stereocenters. The molecule has 0 saturated heterocycles. The molecule has 0 saturated carbocycles. The second kappa shape index (κ2) is 1.17. The zero-order chi connectivity index (χ0) is 3.54. The van der Waals surface area contributed by atoms with E-state index in [4.69, 9.17) is 0 Å². The highest BCUT2D eigenvalue weighted by molar-refractivity contribution is 7.03. The highest BCUT2D eigenvalue weighted by Crippen LogP contribution is 1.82. The lowest BCUT2D eigenvalue weighted by atomic mass is 10.8. The minimum Gasteiger partial charge on any atom is -0.191 e. The highest BCUT2D eigenvalue weighted by atomic mass is 32.1. The molecule has 0 atom stereocenters. The molecule has 1 nitrogen and oxygen atoms in total. The van der Waals surface area contributed by atoms with Gasteiger partial charge in [0.1, 0.15) is 6.20 Å². The second-order valence-electron chi connectivity index (χ2n) is 0.629. The Bertz CT molecular complexity index is 63.4. The van der Waals surface area contributed by atoms with Crippen LogP contribution in [0.25, 0.3) is 0 Å². The van der Waals surface area contributed by atoms with E-state index in [0.717, 1.165) is 0 Å². The molecule has 25 valence electrons. The first kappa shape index (κ1) is 2.85. The average Bonchev–Trinajstić information content (AvgIpc) is 1.76. The summed E-state index contributed by atoms with van der Waals surface area (Å²) in [6.07, 6.45) is 2.63. The first-order chi connectivity index (χ1) is 2.50. The van der Waals surface area contributed by atoms with Gasteiger partial charge in [-0.3, -0.25) is 0 Å². The Balaban J connectivity index is 3.13. The van der Waals surface area contributed by atoms with Crippen molar-refractivity contribution >= 4 is 11.5 Å². The van der Waals surface area contributed by atoms with Crippen LogP contribution in [0.4, 0.5) is 0 Å².